The van der Waals surface area contributed by atoms with Crippen LogP contribution in [0.2, 0.25) is 0 Å². The zero-order valence-corrected chi connectivity index (χ0v) is 14.3. The van der Waals surface area contributed by atoms with Gasteiger partial charge in [-0.3, -0.25) is 4.79 Å². The highest BCUT2D eigenvalue weighted by atomic mass is 19.4. The number of alkyl halides is 3. The third kappa shape index (κ3) is 3.82. The second-order valence-electron chi connectivity index (χ2n) is 7.36. The fourth-order valence-corrected chi connectivity index (χ4v) is 3.93. The molecule has 0 aromatic carbocycles. The van der Waals surface area contributed by atoms with Crippen molar-refractivity contribution in [3.8, 4) is 0 Å². The van der Waals surface area contributed by atoms with Gasteiger partial charge in [0.1, 0.15) is 18.5 Å². The number of amides is 1. The number of aromatic nitrogens is 2. The predicted octanol–water partition coefficient (Wildman–Crippen LogP) is 1.42. The fraction of sp³-hybridized carbons (Fsp3) is 0.750. The van der Waals surface area contributed by atoms with E-state index in [0.29, 0.717) is 19.1 Å². The van der Waals surface area contributed by atoms with Crippen LogP contribution in [0.3, 0.4) is 0 Å². The number of hydrogen-bond acceptors (Lipinski definition) is 4. The number of carbonyl (C=O) groups excluding carboxylic acids is 1. The maximum absolute atomic E-state index is 12.6. The normalized spacial score (nSPS) is 27.3. The Balaban J connectivity index is 1.58. The Bertz CT molecular complexity index is 646. The van der Waals surface area contributed by atoms with Crippen molar-refractivity contribution in [2.24, 2.45) is 5.41 Å². The highest BCUT2D eigenvalue weighted by molar-refractivity contribution is 5.77. The van der Waals surface area contributed by atoms with E-state index in [0.717, 1.165) is 23.6 Å². The van der Waals surface area contributed by atoms with Gasteiger partial charge in [0.2, 0.25) is 5.91 Å². The molecule has 2 fully saturated rings. The van der Waals surface area contributed by atoms with Crippen molar-refractivity contribution in [3.05, 3.63) is 18.2 Å². The molecular weight excluding hydrogens is 337 g/mol. The molecular formula is C16H23F3N4O2. The highest BCUT2D eigenvalue weighted by Gasteiger charge is 2.59. The molecule has 1 saturated heterocycles. The van der Waals surface area contributed by atoms with Gasteiger partial charge in [-0.15, -0.1) is 0 Å². The Morgan fingerprint density at radius 2 is 2.24 bits per heavy atom. The molecule has 6 nitrogen and oxygen atoms in total. The van der Waals surface area contributed by atoms with Gasteiger partial charge in [0, 0.05) is 36.9 Å². The first-order valence-electron chi connectivity index (χ1n) is 8.31. The van der Waals surface area contributed by atoms with E-state index in [1.165, 1.54) is 6.20 Å². The van der Waals surface area contributed by atoms with E-state index < -0.39 is 18.8 Å². The van der Waals surface area contributed by atoms with E-state index in [-0.39, 0.29) is 23.6 Å². The smallest absolute Gasteiger partial charge is 0.385 e. The maximum Gasteiger partial charge on any atom is 0.406 e. The predicted molar refractivity (Wildman–Crippen MR) is 83.6 cm³/mol. The lowest BCUT2D eigenvalue weighted by Crippen LogP contribution is -2.32. The van der Waals surface area contributed by atoms with E-state index in [4.69, 9.17) is 0 Å². The lowest BCUT2D eigenvalue weighted by molar-refractivity contribution is -0.141. The molecule has 2 aliphatic rings. The molecule has 1 aliphatic carbocycles. The molecule has 1 amide bonds. The Morgan fingerprint density at radius 1 is 1.52 bits per heavy atom. The first-order chi connectivity index (χ1) is 11.6. The molecule has 2 heterocycles. The third-order valence-electron chi connectivity index (χ3n) is 5.27. The van der Waals surface area contributed by atoms with Crippen LogP contribution < -0.4 is 0 Å². The molecule has 9 heteroatoms. The van der Waals surface area contributed by atoms with Gasteiger partial charge in [-0.25, -0.2) is 4.98 Å². The van der Waals surface area contributed by atoms with Crippen molar-refractivity contribution in [2.75, 3.05) is 27.2 Å². The number of aliphatic hydroxyl groups is 1. The van der Waals surface area contributed by atoms with Crippen LogP contribution in [0.25, 0.3) is 0 Å². The molecule has 0 bridgehead atoms. The number of aliphatic hydroxyl groups excluding tert-OH is 1. The highest BCUT2D eigenvalue weighted by Crippen LogP contribution is 2.55. The number of nitrogens with zero attached hydrogens (tertiary/aromatic N) is 4. The van der Waals surface area contributed by atoms with E-state index in [2.05, 4.69) is 9.88 Å². The van der Waals surface area contributed by atoms with Crippen molar-refractivity contribution in [1.29, 1.82) is 0 Å². The lowest BCUT2D eigenvalue weighted by atomic mass is 10.1. The standard InChI is InChI=1S/C16H23F3N4O2/c1-21(2)12-8-15(12)3-5-22(9-15)13(25)7-11(24)14-20-4-6-23(14)10-16(17,18)19/h4,6,11-12,24H,3,5,7-10H2,1-2H3. The van der Waals surface area contributed by atoms with E-state index >= 15 is 0 Å². The van der Waals surface area contributed by atoms with Crippen molar-refractivity contribution in [2.45, 2.75) is 44.1 Å². The van der Waals surface area contributed by atoms with Gasteiger partial charge in [-0.05, 0) is 26.9 Å². The SMILES string of the molecule is CN(C)C1CC12CCN(C(=O)CC(O)c1nccn1CC(F)(F)F)C2. The van der Waals surface area contributed by atoms with Crippen molar-refractivity contribution < 1.29 is 23.1 Å². The summed E-state index contributed by atoms with van der Waals surface area (Å²) in [6, 6.07) is 0.473. The van der Waals surface area contributed by atoms with Crippen LogP contribution in [-0.2, 0) is 11.3 Å². The molecule has 25 heavy (non-hydrogen) atoms. The second kappa shape index (κ2) is 6.28. The van der Waals surface area contributed by atoms with E-state index in [1.54, 1.807) is 4.90 Å². The summed E-state index contributed by atoms with van der Waals surface area (Å²) >= 11 is 0. The van der Waals surface area contributed by atoms with Crippen molar-refractivity contribution in [1.82, 2.24) is 19.4 Å². The van der Waals surface area contributed by atoms with Crippen LogP contribution in [0.1, 0.15) is 31.2 Å². The molecule has 1 N–H and O–H groups in total. The van der Waals surface area contributed by atoms with Crippen LogP contribution in [0.15, 0.2) is 12.4 Å². The molecule has 3 rings (SSSR count). The van der Waals surface area contributed by atoms with E-state index in [1.807, 2.05) is 14.1 Å². The minimum atomic E-state index is -4.41. The summed E-state index contributed by atoms with van der Waals surface area (Å²) in [5.41, 5.74) is 0.152. The Hall–Kier alpha value is -1.61. The molecule has 3 unspecified atom stereocenters. The summed E-state index contributed by atoms with van der Waals surface area (Å²) in [6.07, 6.45) is -1.66. The Labute approximate surface area is 144 Å². The summed E-state index contributed by atoms with van der Waals surface area (Å²) in [6.45, 7) is 0.0518. The van der Waals surface area contributed by atoms with Crippen molar-refractivity contribution in [3.63, 3.8) is 0 Å². The topological polar surface area (TPSA) is 61.6 Å². The summed E-state index contributed by atoms with van der Waals surface area (Å²) in [7, 11) is 4.04. The first kappa shape index (κ1) is 18.2. The zero-order valence-electron chi connectivity index (χ0n) is 14.3. The van der Waals surface area contributed by atoms with E-state index in [9.17, 15) is 23.1 Å². The largest absolute Gasteiger partial charge is 0.406 e. The molecule has 1 aromatic rings. The summed E-state index contributed by atoms with van der Waals surface area (Å²) in [5, 5.41) is 10.2. The molecule has 0 radical (unpaired) electrons. The van der Waals surface area contributed by atoms with Crippen LogP contribution in [-0.4, -0.2) is 69.8 Å². The number of hydrogen-bond donors (Lipinski definition) is 1. The number of halogens is 3. The second-order valence-corrected chi connectivity index (χ2v) is 7.36. The van der Waals surface area contributed by atoms with Gasteiger partial charge in [-0.1, -0.05) is 0 Å². The summed E-state index contributed by atoms with van der Waals surface area (Å²) in [4.78, 5) is 20.1. The summed E-state index contributed by atoms with van der Waals surface area (Å²) in [5.74, 6) is -0.368. The molecule has 3 atom stereocenters. The number of imidazole rings is 1. The van der Waals surface area contributed by atoms with Gasteiger partial charge in [-0.2, -0.15) is 13.2 Å². The van der Waals surface area contributed by atoms with Crippen LogP contribution in [0, 0.1) is 5.41 Å². The Kier molecular flexibility index (Phi) is 4.57. The molecule has 140 valence electrons. The molecule has 1 spiro atoms. The van der Waals surface area contributed by atoms with Gasteiger partial charge < -0.3 is 19.5 Å². The molecule has 1 aliphatic heterocycles. The number of likely N-dealkylation sites (tertiary alicyclic amines) is 1. The Morgan fingerprint density at radius 3 is 2.84 bits per heavy atom. The number of rotatable bonds is 5. The monoisotopic (exact) mass is 360 g/mol. The zero-order chi connectivity index (χ0) is 18.4. The van der Waals surface area contributed by atoms with Gasteiger partial charge in [0.05, 0.1) is 6.42 Å². The van der Waals surface area contributed by atoms with Gasteiger partial charge in [0.25, 0.3) is 0 Å². The van der Waals surface area contributed by atoms with Crippen molar-refractivity contribution >= 4 is 5.91 Å². The van der Waals surface area contributed by atoms with Crippen LogP contribution in [0.4, 0.5) is 13.2 Å². The minimum Gasteiger partial charge on any atom is -0.385 e. The quantitative estimate of drug-likeness (QED) is 0.863. The van der Waals surface area contributed by atoms with Gasteiger partial charge >= 0.3 is 6.18 Å². The van der Waals surface area contributed by atoms with Crippen LogP contribution >= 0.6 is 0 Å². The molecule has 1 aromatic heterocycles. The summed E-state index contributed by atoms with van der Waals surface area (Å²) < 4.78 is 38.5. The average Bonchev–Trinajstić information content (AvgIpc) is 2.79. The maximum atomic E-state index is 12.6. The lowest BCUT2D eigenvalue weighted by Gasteiger charge is -2.20. The first-order valence-corrected chi connectivity index (χ1v) is 8.31. The number of carbonyl (C=O) groups is 1. The average molecular weight is 360 g/mol. The fourth-order valence-electron chi connectivity index (χ4n) is 3.93. The molecule has 1 saturated carbocycles. The minimum absolute atomic E-state index is 0.128. The van der Waals surface area contributed by atoms with Crippen LogP contribution in [0.5, 0.6) is 0 Å². The van der Waals surface area contributed by atoms with Gasteiger partial charge in [0.15, 0.2) is 0 Å². The third-order valence-corrected chi connectivity index (χ3v) is 5.27.